The minimum atomic E-state index is -0.796. The van der Waals surface area contributed by atoms with Crippen LogP contribution in [0, 0.1) is 0 Å². The Balaban J connectivity index is 1.41. The van der Waals surface area contributed by atoms with Crippen molar-refractivity contribution in [3.8, 4) is 27.7 Å². The topological polar surface area (TPSA) is 101 Å². The Morgan fingerprint density at radius 1 is 0.750 bits per heavy atom. The Morgan fingerprint density at radius 2 is 1.36 bits per heavy atom. The minimum absolute atomic E-state index is 0.156. The van der Waals surface area contributed by atoms with Gasteiger partial charge in [-0.2, -0.15) is 0 Å². The second-order valence-electron chi connectivity index (χ2n) is 10.2. The number of piperidine rings is 1. The highest BCUT2D eigenvalue weighted by molar-refractivity contribution is 7.22. The number of likely N-dealkylation sites (tertiary alicyclic amines) is 1. The van der Waals surface area contributed by atoms with Crippen LogP contribution in [0.2, 0.25) is 0 Å². The van der Waals surface area contributed by atoms with E-state index in [1.165, 1.54) is 30.6 Å². The molecule has 0 atom stereocenters. The van der Waals surface area contributed by atoms with E-state index >= 15 is 0 Å². The number of rotatable bonds is 11. The molecule has 2 heterocycles. The fraction of sp³-hybridized carbons (Fsp3) is 0.324. The average molecular weight is 618 g/mol. The molecular weight excluding hydrogens is 582 g/mol. The van der Waals surface area contributed by atoms with Gasteiger partial charge in [-0.15, -0.1) is 11.3 Å². The fourth-order valence-corrected chi connectivity index (χ4v) is 6.29. The lowest BCUT2D eigenvalue weighted by Gasteiger charge is -2.26. The van der Waals surface area contributed by atoms with Gasteiger partial charge in [0.15, 0.2) is 5.78 Å². The van der Waals surface area contributed by atoms with Crippen molar-refractivity contribution in [1.29, 1.82) is 0 Å². The van der Waals surface area contributed by atoms with E-state index in [0.29, 0.717) is 35.0 Å². The average Bonchev–Trinajstić information content (AvgIpc) is 3.41. The minimum Gasteiger partial charge on any atom is -0.492 e. The first-order chi connectivity index (χ1) is 21.4. The van der Waals surface area contributed by atoms with Crippen LogP contribution in [-0.2, 0) is 9.47 Å². The van der Waals surface area contributed by atoms with Crippen LogP contribution in [0.4, 0.5) is 9.59 Å². The molecule has 10 heteroatoms. The van der Waals surface area contributed by atoms with Crippen LogP contribution in [0.1, 0.15) is 49.0 Å². The predicted octanol–water partition coefficient (Wildman–Crippen LogP) is 7.73. The van der Waals surface area contributed by atoms with Crippen LogP contribution in [0.25, 0.3) is 20.5 Å². The van der Waals surface area contributed by atoms with E-state index in [2.05, 4.69) is 4.90 Å². The molecule has 0 bridgehead atoms. The van der Waals surface area contributed by atoms with E-state index in [1.807, 2.05) is 12.1 Å². The first-order valence-corrected chi connectivity index (χ1v) is 15.6. The number of benzene rings is 3. The molecule has 1 aliphatic rings. The maximum absolute atomic E-state index is 14.0. The van der Waals surface area contributed by atoms with E-state index in [9.17, 15) is 14.4 Å². The summed E-state index contributed by atoms with van der Waals surface area (Å²) in [6, 6.07) is 19.2. The van der Waals surface area contributed by atoms with Gasteiger partial charge in [0, 0.05) is 32.6 Å². The highest BCUT2D eigenvalue weighted by Gasteiger charge is 2.23. The normalized spacial score (nSPS) is 13.3. The number of carbonyl (C=O) groups excluding carboxylic acids is 3. The maximum Gasteiger partial charge on any atom is 0.513 e. The summed E-state index contributed by atoms with van der Waals surface area (Å²) in [5, 5.41) is 0.722. The molecule has 0 N–H and O–H groups in total. The molecule has 1 aromatic heterocycles. The Kier molecular flexibility index (Phi) is 10.5. The molecular formula is C34H35NO8S. The van der Waals surface area contributed by atoms with Crippen molar-refractivity contribution in [2.24, 2.45) is 0 Å². The standard InChI is InChI=1S/C34H35NO8S/c1-3-39-33(37)42-26-14-10-24(11-15-26)32-30(28-17-16-27(22-29(28)44-32)43-34(38)40-4-2)31(36)23-8-12-25(13-9-23)41-21-20-35-18-6-5-7-19-35/h8-17,22H,3-7,18-21H2,1-2H3. The van der Waals surface area contributed by atoms with Crippen molar-refractivity contribution in [1.82, 2.24) is 4.90 Å². The number of hydrogen-bond donors (Lipinski definition) is 0. The molecule has 0 saturated carbocycles. The summed E-state index contributed by atoms with van der Waals surface area (Å²) in [5.74, 6) is 1.19. The van der Waals surface area contributed by atoms with Crippen LogP contribution in [0.15, 0.2) is 66.7 Å². The lowest BCUT2D eigenvalue weighted by molar-refractivity contribution is 0.103. The predicted molar refractivity (Wildman–Crippen MR) is 168 cm³/mol. The highest BCUT2D eigenvalue weighted by Crippen LogP contribution is 2.42. The van der Waals surface area contributed by atoms with Gasteiger partial charge in [0.1, 0.15) is 23.9 Å². The molecule has 1 aliphatic heterocycles. The third-order valence-corrected chi connectivity index (χ3v) is 8.37. The molecule has 0 radical (unpaired) electrons. The Bertz CT molecular complexity index is 1590. The largest absolute Gasteiger partial charge is 0.513 e. The molecule has 44 heavy (non-hydrogen) atoms. The SMILES string of the molecule is CCOC(=O)Oc1ccc(-c2sc3cc(OC(=O)OCC)ccc3c2C(=O)c2ccc(OCCN3CCCCC3)cc2)cc1. The zero-order valence-electron chi connectivity index (χ0n) is 24.8. The summed E-state index contributed by atoms with van der Waals surface area (Å²) in [6.07, 6.45) is 2.19. The molecule has 0 amide bonds. The molecule has 3 aromatic carbocycles. The summed E-state index contributed by atoms with van der Waals surface area (Å²) in [7, 11) is 0. The zero-order valence-corrected chi connectivity index (χ0v) is 25.7. The Labute approximate surface area is 260 Å². The monoisotopic (exact) mass is 617 g/mol. The lowest BCUT2D eigenvalue weighted by atomic mass is 9.97. The number of carbonyl (C=O) groups is 3. The van der Waals surface area contributed by atoms with Crippen LogP contribution in [0.5, 0.6) is 17.2 Å². The van der Waals surface area contributed by atoms with Gasteiger partial charge in [0.2, 0.25) is 0 Å². The van der Waals surface area contributed by atoms with Gasteiger partial charge in [0.05, 0.1) is 13.2 Å². The van der Waals surface area contributed by atoms with Crippen molar-refractivity contribution in [2.75, 3.05) is 39.5 Å². The molecule has 0 spiro atoms. The van der Waals surface area contributed by atoms with Crippen molar-refractivity contribution in [3.63, 3.8) is 0 Å². The highest BCUT2D eigenvalue weighted by atomic mass is 32.1. The quantitative estimate of drug-likeness (QED) is 0.0950. The molecule has 4 aromatic rings. The van der Waals surface area contributed by atoms with Gasteiger partial charge in [-0.1, -0.05) is 6.42 Å². The molecule has 1 saturated heterocycles. The summed E-state index contributed by atoms with van der Waals surface area (Å²) < 4.78 is 27.0. The van der Waals surface area contributed by atoms with Crippen LogP contribution in [-0.4, -0.2) is 62.4 Å². The Morgan fingerprint density at radius 3 is 2.02 bits per heavy atom. The molecule has 230 valence electrons. The van der Waals surface area contributed by atoms with Gasteiger partial charge in [-0.25, -0.2) is 9.59 Å². The van der Waals surface area contributed by atoms with E-state index < -0.39 is 12.3 Å². The fourth-order valence-electron chi connectivity index (χ4n) is 5.05. The number of nitrogens with zero attached hydrogens (tertiary/aromatic N) is 1. The van der Waals surface area contributed by atoms with Crippen molar-refractivity contribution in [2.45, 2.75) is 33.1 Å². The number of fused-ring (bicyclic) bond motifs is 1. The summed E-state index contributed by atoms with van der Waals surface area (Å²) in [4.78, 5) is 40.8. The molecule has 0 aliphatic carbocycles. The van der Waals surface area contributed by atoms with Gasteiger partial charge in [-0.05, 0) is 112 Å². The number of ether oxygens (including phenoxy) is 5. The first-order valence-electron chi connectivity index (χ1n) is 14.8. The van der Waals surface area contributed by atoms with Gasteiger partial charge in [-0.3, -0.25) is 9.69 Å². The molecule has 9 nitrogen and oxygen atoms in total. The first kappa shape index (κ1) is 31.0. The van der Waals surface area contributed by atoms with Gasteiger partial charge < -0.3 is 23.7 Å². The smallest absolute Gasteiger partial charge is 0.492 e. The Hall–Kier alpha value is -4.41. The molecule has 0 unspecified atom stereocenters. The third kappa shape index (κ3) is 7.75. The summed E-state index contributed by atoms with van der Waals surface area (Å²) in [6.45, 7) is 7.51. The van der Waals surface area contributed by atoms with Crippen molar-refractivity contribution < 1.29 is 38.1 Å². The lowest BCUT2D eigenvalue weighted by Crippen LogP contribution is -2.33. The van der Waals surface area contributed by atoms with E-state index in [0.717, 1.165) is 40.2 Å². The van der Waals surface area contributed by atoms with E-state index in [1.54, 1.807) is 68.4 Å². The molecule has 1 fully saturated rings. The van der Waals surface area contributed by atoms with Gasteiger partial charge in [0.25, 0.3) is 0 Å². The second kappa shape index (κ2) is 14.9. The van der Waals surface area contributed by atoms with Gasteiger partial charge >= 0.3 is 12.3 Å². The van der Waals surface area contributed by atoms with Crippen LogP contribution < -0.4 is 14.2 Å². The van der Waals surface area contributed by atoms with Crippen molar-refractivity contribution in [3.05, 3.63) is 77.9 Å². The summed E-state index contributed by atoms with van der Waals surface area (Å²) >= 11 is 1.40. The molecule has 5 rings (SSSR count). The number of thiophene rings is 1. The summed E-state index contributed by atoms with van der Waals surface area (Å²) in [5.41, 5.74) is 1.80. The zero-order chi connectivity index (χ0) is 30.9. The second-order valence-corrected chi connectivity index (χ2v) is 11.2. The maximum atomic E-state index is 14.0. The van der Waals surface area contributed by atoms with Crippen molar-refractivity contribution >= 4 is 39.5 Å². The van der Waals surface area contributed by atoms with Crippen LogP contribution >= 0.6 is 11.3 Å². The van der Waals surface area contributed by atoms with E-state index in [4.69, 9.17) is 23.7 Å². The number of hydrogen-bond acceptors (Lipinski definition) is 10. The van der Waals surface area contributed by atoms with E-state index in [-0.39, 0.29) is 19.0 Å². The van der Waals surface area contributed by atoms with Crippen LogP contribution in [0.3, 0.4) is 0 Å². The third-order valence-electron chi connectivity index (χ3n) is 7.17. The number of ketones is 1.